The highest BCUT2D eigenvalue weighted by Gasteiger charge is 2.22. The Labute approximate surface area is 149 Å². The van der Waals surface area contributed by atoms with Gasteiger partial charge in [0.2, 0.25) is 5.91 Å². The summed E-state index contributed by atoms with van der Waals surface area (Å²) >= 11 is 2.31. The number of nitrogens with one attached hydrogen (secondary N) is 1. The number of carbonyl (C=O) groups excluding carboxylic acids is 1. The lowest BCUT2D eigenvalue weighted by atomic mass is 10.1. The Balaban J connectivity index is 1.82. The van der Waals surface area contributed by atoms with Crippen LogP contribution in [0.3, 0.4) is 0 Å². The summed E-state index contributed by atoms with van der Waals surface area (Å²) < 4.78 is 0. The van der Waals surface area contributed by atoms with Crippen molar-refractivity contribution in [1.29, 1.82) is 0 Å². The van der Waals surface area contributed by atoms with Gasteiger partial charge in [0.25, 0.3) is 0 Å². The highest BCUT2D eigenvalue weighted by atomic mass is 32.2. The molecule has 0 bridgehead atoms. The molecule has 1 amide bonds. The van der Waals surface area contributed by atoms with E-state index in [2.05, 4.69) is 17.4 Å². The van der Waals surface area contributed by atoms with Crippen LogP contribution < -0.4 is 5.32 Å². The second-order valence-corrected chi connectivity index (χ2v) is 7.82. The maximum absolute atomic E-state index is 12.3. The minimum absolute atomic E-state index is 0.0539. The molecule has 2 aromatic rings. The van der Waals surface area contributed by atoms with Crippen molar-refractivity contribution >= 4 is 34.0 Å². The molecule has 0 aliphatic heterocycles. The minimum Gasteiger partial charge on any atom is -0.353 e. The van der Waals surface area contributed by atoms with Crippen LogP contribution in [0.5, 0.6) is 0 Å². The zero-order valence-corrected chi connectivity index (χ0v) is 15.2. The highest BCUT2D eigenvalue weighted by Crippen LogP contribution is 2.36. The number of hydrogen-bond acceptors (Lipinski definition) is 5. The van der Waals surface area contributed by atoms with Crippen molar-refractivity contribution in [3.8, 4) is 0 Å². The Kier molecular flexibility index (Phi) is 6.81. The van der Waals surface area contributed by atoms with Gasteiger partial charge in [-0.05, 0) is 43.7 Å². The molecule has 0 aliphatic rings. The first-order valence-electron chi connectivity index (χ1n) is 7.70. The van der Waals surface area contributed by atoms with Crippen LogP contribution in [-0.2, 0) is 11.2 Å². The summed E-state index contributed by atoms with van der Waals surface area (Å²) in [5, 5.41) is 15.3. The Morgan fingerprint density at radius 1 is 1.29 bits per heavy atom. The molecule has 0 aliphatic carbocycles. The number of benzene rings is 1. The molecule has 0 spiro atoms. The van der Waals surface area contributed by atoms with Crippen LogP contribution in [0.15, 0.2) is 46.7 Å². The Morgan fingerprint density at radius 3 is 2.67 bits per heavy atom. The van der Waals surface area contributed by atoms with Crippen LogP contribution in [0.4, 0.5) is 5.00 Å². The van der Waals surface area contributed by atoms with Crippen LogP contribution in [0.2, 0.25) is 0 Å². The molecule has 128 valence electrons. The van der Waals surface area contributed by atoms with Crippen LogP contribution in [0.1, 0.15) is 25.8 Å². The van der Waals surface area contributed by atoms with Gasteiger partial charge in [0.15, 0.2) is 0 Å². The molecule has 1 aromatic heterocycles. The largest absolute Gasteiger partial charge is 0.353 e. The number of thioether (sulfide) groups is 1. The monoisotopic (exact) mass is 364 g/mol. The SMILES string of the molecule is C[C@H](CCc1ccccc1)NC(=O)[C@@H](C)Sc1ccsc1[N+](=O)[O-]. The summed E-state index contributed by atoms with van der Waals surface area (Å²) in [6, 6.07) is 11.9. The Hall–Kier alpha value is -1.86. The Bertz CT molecular complexity index is 688. The predicted octanol–water partition coefficient (Wildman–Crippen LogP) is 4.27. The molecule has 0 unspecified atom stereocenters. The number of hydrogen-bond donors (Lipinski definition) is 1. The molecule has 0 saturated heterocycles. The number of amides is 1. The van der Waals surface area contributed by atoms with Crippen molar-refractivity contribution < 1.29 is 9.72 Å². The summed E-state index contributed by atoms with van der Waals surface area (Å²) in [6.45, 7) is 3.75. The molecule has 2 rings (SSSR count). The first-order valence-corrected chi connectivity index (χ1v) is 9.46. The van der Waals surface area contributed by atoms with Crippen molar-refractivity contribution in [1.82, 2.24) is 5.32 Å². The summed E-state index contributed by atoms with van der Waals surface area (Å²) in [6.07, 6.45) is 1.76. The summed E-state index contributed by atoms with van der Waals surface area (Å²) in [7, 11) is 0. The summed E-state index contributed by atoms with van der Waals surface area (Å²) in [5.41, 5.74) is 1.25. The maximum Gasteiger partial charge on any atom is 0.337 e. The fourth-order valence-corrected chi connectivity index (χ4v) is 4.07. The molecular formula is C17H20N2O3S2. The van der Waals surface area contributed by atoms with Gasteiger partial charge in [-0.25, -0.2) is 0 Å². The minimum atomic E-state index is -0.403. The third kappa shape index (κ3) is 5.35. The zero-order chi connectivity index (χ0) is 17.5. The zero-order valence-electron chi connectivity index (χ0n) is 13.6. The first kappa shape index (κ1) is 18.5. The van der Waals surface area contributed by atoms with E-state index < -0.39 is 4.92 Å². The van der Waals surface area contributed by atoms with E-state index in [1.54, 1.807) is 18.4 Å². The second kappa shape index (κ2) is 8.84. The third-order valence-corrected chi connectivity index (χ3v) is 5.69. The summed E-state index contributed by atoms with van der Waals surface area (Å²) in [4.78, 5) is 23.4. The number of thiophene rings is 1. The highest BCUT2D eigenvalue weighted by molar-refractivity contribution is 8.00. The van der Waals surface area contributed by atoms with E-state index in [4.69, 9.17) is 0 Å². The fourth-order valence-electron chi connectivity index (χ4n) is 2.22. The average Bonchev–Trinajstić information content (AvgIpc) is 3.02. The average molecular weight is 364 g/mol. The van der Waals surface area contributed by atoms with Gasteiger partial charge in [-0.1, -0.05) is 41.7 Å². The molecule has 1 N–H and O–H groups in total. The molecule has 0 fully saturated rings. The van der Waals surface area contributed by atoms with Crippen LogP contribution in [0.25, 0.3) is 0 Å². The fraction of sp³-hybridized carbons (Fsp3) is 0.353. The number of aryl methyl sites for hydroxylation is 1. The topological polar surface area (TPSA) is 72.2 Å². The van der Waals surface area contributed by atoms with Crippen LogP contribution >= 0.6 is 23.1 Å². The van der Waals surface area contributed by atoms with E-state index in [1.807, 2.05) is 25.1 Å². The van der Waals surface area contributed by atoms with E-state index in [9.17, 15) is 14.9 Å². The smallest absolute Gasteiger partial charge is 0.337 e. The molecule has 24 heavy (non-hydrogen) atoms. The lowest BCUT2D eigenvalue weighted by Gasteiger charge is -2.17. The van der Waals surface area contributed by atoms with Crippen molar-refractivity contribution in [2.24, 2.45) is 0 Å². The van der Waals surface area contributed by atoms with Crippen molar-refractivity contribution in [2.45, 2.75) is 42.9 Å². The van der Waals surface area contributed by atoms with Gasteiger partial charge < -0.3 is 5.32 Å². The lowest BCUT2D eigenvalue weighted by Crippen LogP contribution is -2.37. The number of carbonyl (C=O) groups is 1. The van der Waals surface area contributed by atoms with Crippen molar-refractivity contribution in [2.75, 3.05) is 0 Å². The molecule has 0 saturated carbocycles. The van der Waals surface area contributed by atoms with Gasteiger partial charge in [0.05, 0.1) is 15.1 Å². The normalized spacial score (nSPS) is 13.2. The molecule has 1 heterocycles. The quantitative estimate of drug-likeness (QED) is 0.431. The van der Waals surface area contributed by atoms with E-state index >= 15 is 0 Å². The van der Waals surface area contributed by atoms with Crippen LogP contribution in [-0.4, -0.2) is 22.1 Å². The van der Waals surface area contributed by atoms with E-state index in [0.29, 0.717) is 4.90 Å². The third-order valence-electron chi connectivity index (χ3n) is 3.55. The first-order chi connectivity index (χ1) is 11.5. The predicted molar refractivity (Wildman–Crippen MR) is 98.7 cm³/mol. The van der Waals surface area contributed by atoms with E-state index in [0.717, 1.165) is 24.2 Å². The van der Waals surface area contributed by atoms with Crippen molar-refractivity contribution in [3.63, 3.8) is 0 Å². The molecule has 2 atom stereocenters. The molecule has 5 nitrogen and oxygen atoms in total. The molecule has 7 heteroatoms. The van der Waals surface area contributed by atoms with Crippen LogP contribution in [0, 0.1) is 10.1 Å². The van der Waals surface area contributed by atoms with E-state index in [-0.39, 0.29) is 22.2 Å². The molecular weight excluding hydrogens is 344 g/mol. The lowest BCUT2D eigenvalue weighted by molar-refractivity contribution is -0.382. The van der Waals surface area contributed by atoms with Gasteiger partial charge in [0, 0.05) is 6.04 Å². The van der Waals surface area contributed by atoms with Gasteiger partial charge >= 0.3 is 5.00 Å². The van der Waals surface area contributed by atoms with E-state index in [1.165, 1.54) is 17.3 Å². The van der Waals surface area contributed by atoms with Gasteiger partial charge in [-0.3, -0.25) is 14.9 Å². The van der Waals surface area contributed by atoms with Gasteiger partial charge in [-0.2, -0.15) is 0 Å². The number of rotatable bonds is 8. The Morgan fingerprint density at radius 2 is 2.00 bits per heavy atom. The number of nitrogens with zero attached hydrogens (tertiary/aromatic N) is 1. The molecule has 1 aromatic carbocycles. The van der Waals surface area contributed by atoms with Gasteiger partial charge in [0.1, 0.15) is 0 Å². The standard InChI is InChI=1S/C17H20N2O3S2/c1-12(8-9-14-6-4-3-5-7-14)18-16(20)13(2)24-15-10-11-23-17(15)19(21)22/h3-7,10-13H,8-9H2,1-2H3,(H,18,20)/t12-,13-/m1/s1. The number of nitro groups is 1. The van der Waals surface area contributed by atoms with Gasteiger partial charge in [-0.15, -0.1) is 11.8 Å². The maximum atomic E-state index is 12.3. The second-order valence-electron chi connectivity index (χ2n) is 5.54. The molecule has 0 radical (unpaired) electrons. The summed E-state index contributed by atoms with van der Waals surface area (Å²) in [5.74, 6) is -0.0962. The van der Waals surface area contributed by atoms with Crippen molar-refractivity contribution in [3.05, 3.63) is 57.5 Å².